The molecule has 0 spiro atoms. The molecule has 6 heteroatoms. The molecule has 126 valence electrons. The molecule has 0 radical (unpaired) electrons. The van der Waals surface area contributed by atoms with Gasteiger partial charge in [0, 0.05) is 28.3 Å². The largest absolute Gasteiger partial charge is 0.322 e. The van der Waals surface area contributed by atoms with Crippen LogP contribution < -0.4 is 5.32 Å². The van der Waals surface area contributed by atoms with E-state index in [1.165, 1.54) is 0 Å². The number of amides is 3. The number of rotatable bonds is 3. The standard InChI is InChI=1S/C19H16N2O3S/c22-17-10-9-15(18(23)20-17)21-11-14-13(19(21)24)7-4-8-16(14)25-12-5-2-1-3-6-12/h1-8,15H,9-11H2,(H,20,22,23). The first-order valence-electron chi connectivity index (χ1n) is 8.13. The molecular weight excluding hydrogens is 336 g/mol. The van der Waals surface area contributed by atoms with Gasteiger partial charge in [0.15, 0.2) is 0 Å². The summed E-state index contributed by atoms with van der Waals surface area (Å²) in [4.78, 5) is 40.0. The Morgan fingerprint density at radius 2 is 1.80 bits per heavy atom. The number of fused-ring (bicyclic) bond motifs is 1. The maximum Gasteiger partial charge on any atom is 0.255 e. The lowest BCUT2D eigenvalue weighted by atomic mass is 10.0. The topological polar surface area (TPSA) is 66.5 Å². The van der Waals surface area contributed by atoms with Crippen LogP contribution in [-0.4, -0.2) is 28.7 Å². The molecule has 1 unspecified atom stereocenters. The van der Waals surface area contributed by atoms with Crippen molar-refractivity contribution in [3.8, 4) is 0 Å². The molecule has 0 aromatic heterocycles. The predicted octanol–water partition coefficient (Wildman–Crippen LogP) is 2.60. The van der Waals surface area contributed by atoms with Gasteiger partial charge in [-0.1, -0.05) is 36.0 Å². The van der Waals surface area contributed by atoms with Gasteiger partial charge in [-0.15, -0.1) is 0 Å². The van der Waals surface area contributed by atoms with Crippen LogP contribution in [0.3, 0.4) is 0 Å². The summed E-state index contributed by atoms with van der Waals surface area (Å²) in [5, 5.41) is 2.33. The monoisotopic (exact) mass is 352 g/mol. The van der Waals surface area contributed by atoms with E-state index >= 15 is 0 Å². The Balaban J connectivity index is 1.62. The minimum atomic E-state index is -0.577. The van der Waals surface area contributed by atoms with Gasteiger partial charge in [0.1, 0.15) is 6.04 Å². The average molecular weight is 352 g/mol. The minimum Gasteiger partial charge on any atom is -0.322 e. The summed E-state index contributed by atoms with van der Waals surface area (Å²) in [6.07, 6.45) is 0.647. The van der Waals surface area contributed by atoms with Crippen molar-refractivity contribution in [3.63, 3.8) is 0 Å². The second-order valence-corrected chi connectivity index (χ2v) is 7.21. The Kier molecular flexibility index (Phi) is 4.05. The number of benzene rings is 2. The quantitative estimate of drug-likeness (QED) is 0.863. The van der Waals surface area contributed by atoms with E-state index in [1.807, 2.05) is 42.5 Å². The van der Waals surface area contributed by atoms with Gasteiger partial charge in [-0.3, -0.25) is 19.7 Å². The molecule has 5 nitrogen and oxygen atoms in total. The van der Waals surface area contributed by atoms with Crippen molar-refractivity contribution in [2.45, 2.75) is 35.2 Å². The van der Waals surface area contributed by atoms with E-state index < -0.39 is 6.04 Å². The van der Waals surface area contributed by atoms with Crippen molar-refractivity contribution in [2.24, 2.45) is 0 Å². The van der Waals surface area contributed by atoms with E-state index in [1.54, 1.807) is 22.7 Å². The van der Waals surface area contributed by atoms with Gasteiger partial charge >= 0.3 is 0 Å². The zero-order valence-corrected chi connectivity index (χ0v) is 14.2. The zero-order valence-electron chi connectivity index (χ0n) is 13.4. The van der Waals surface area contributed by atoms with Gasteiger partial charge in [-0.2, -0.15) is 0 Å². The first kappa shape index (κ1) is 15.9. The molecule has 1 atom stereocenters. The molecule has 1 N–H and O–H groups in total. The van der Waals surface area contributed by atoms with Crippen LogP contribution in [0.1, 0.15) is 28.8 Å². The zero-order chi connectivity index (χ0) is 17.4. The number of imide groups is 1. The van der Waals surface area contributed by atoms with E-state index in [0.717, 1.165) is 15.4 Å². The third kappa shape index (κ3) is 2.93. The fourth-order valence-corrected chi connectivity index (χ4v) is 4.26. The molecule has 0 aliphatic carbocycles. The van der Waals surface area contributed by atoms with Crippen LogP contribution in [0.25, 0.3) is 0 Å². The Hall–Kier alpha value is -2.60. The molecular formula is C19H16N2O3S. The number of hydrogen-bond acceptors (Lipinski definition) is 4. The number of carbonyl (C=O) groups is 3. The van der Waals surface area contributed by atoms with E-state index in [-0.39, 0.29) is 24.1 Å². The second kappa shape index (κ2) is 6.37. The summed E-state index contributed by atoms with van der Waals surface area (Å²) in [6, 6.07) is 15.1. The van der Waals surface area contributed by atoms with Crippen molar-refractivity contribution >= 4 is 29.5 Å². The summed E-state index contributed by atoms with van der Waals surface area (Å²) in [5.74, 6) is -0.791. The fourth-order valence-electron chi connectivity index (χ4n) is 3.27. The van der Waals surface area contributed by atoms with Gasteiger partial charge in [0.05, 0.1) is 0 Å². The van der Waals surface area contributed by atoms with Gasteiger partial charge < -0.3 is 4.90 Å². The predicted molar refractivity (Wildman–Crippen MR) is 93.1 cm³/mol. The average Bonchev–Trinajstić information content (AvgIpc) is 2.94. The molecule has 2 aromatic carbocycles. The normalized spacial score (nSPS) is 19.8. The van der Waals surface area contributed by atoms with Crippen LogP contribution >= 0.6 is 11.8 Å². The van der Waals surface area contributed by atoms with E-state index in [9.17, 15) is 14.4 Å². The van der Waals surface area contributed by atoms with Crippen LogP contribution in [0.2, 0.25) is 0 Å². The Labute approximate surface area is 149 Å². The molecule has 1 fully saturated rings. The molecule has 2 aliphatic heterocycles. The Morgan fingerprint density at radius 1 is 1.00 bits per heavy atom. The van der Waals surface area contributed by atoms with Crippen LogP contribution in [0.5, 0.6) is 0 Å². The number of hydrogen-bond donors (Lipinski definition) is 1. The Morgan fingerprint density at radius 3 is 2.56 bits per heavy atom. The molecule has 0 bridgehead atoms. The lowest BCUT2D eigenvalue weighted by Gasteiger charge is -2.29. The third-order valence-electron chi connectivity index (χ3n) is 4.51. The van der Waals surface area contributed by atoms with Crippen LogP contribution in [0, 0.1) is 0 Å². The van der Waals surface area contributed by atoms with Crippen molar-refractivity contribution in [3.05, 3.63) is 59.7 Å². The molecule has 0 saturated carbocycles. The van der Waals surface area contributed by atoms with Crippen molar-refractivity contribution in [1.29, 1.82) is 0 Å². The van der Waals surface area contributed by atoms with E-state index in [2.05, 4.69) is 5.32 Å². The summed E-state index contributed by atoms with van der Waals surface area (Å²) < 4.78 is 0. The molecule has 3 amide bonds. The molecule has 2 heterocycles. The summed E-state index contributed by atoms with van der Waals surface area (Å²) in [5.41, 5.74) is 1.59. The number of nitrogens with one attached hydrogen (secondary N) is 1. The second-order valence-electron chi connectivity index (χ2n) is 6.10. The number of carbonyl (C=O) groups excluding carboxylic acids is 3. The van der Waals surface area contributed by atoms with Gasteiger partial charge in [0.2, 0.25) is 11.8 Å². The summed E-state index contributed by atoms with van der Waals surface area (Å²) in [6.45, 7) is 0.399. The molecule has 4 rings (SSSR count). The highest BCUT2D eigenvalue weighted by molar-refractivity contribution is 7.99. The third-order valence-corrected chi connectivity index (χ3v) is 5.62. The highest BCUT2D eigenvalue weighted by Crippen LogP contribution is 2.37. The van der Waals surface area contributed by atoms with Gasteiger partial charge in [-0.25, -0.2) is 0 Å². The minimum absolute atomic E-state index is 0.139. The number of nitrogens with zero attached hydrogens (tertiary/aromatic N) is 1. The highest BCUT2D eigenvalue weighted by Gasteiger charge is 2.39. The van der Waals surface area contributed by atoms with Gasteiger partial charge in [0.25, 0.3) is 5.91 Å². The molecule has 25 heavy (non-hydrogen) atoms. The fraction of sp³-hybridized carbons (Fsp3) is 0.211. The van der Waals surface area contributed by atoms with E-state index in [4.69, 9.17) is 0 Å². The first-order chi connectivity index (χ1) is 12.1. The van der Waals surface area contributed by atoms with Crippen molar-refractivity contribution in [2.75, 3.05) is 0 Å². The van der Waals surface area contributed by atoms with Gasteiger partial charge in [-0.05, 0) is 36.2 Å². The molecule has 2 aromatic rings. The van der Waals surface area contributed by atoms with Crippen molar-refractivity contribution < 1.29 is 14.4 Å². The van der Waals surface area contributed by atoms with Crippen molar-refractivity contribution in [1.82, 2.24) is 10.2 Å². The van der Waals surface area contributed by atoms with E-state index in [0.29, 0.717) is 18.5 Å². The first-order valence-corrected chi connectivity index (χ1v) is 8.94. The maximum atomic E-state index is 12.8. The summed E-state index contributed by atoms with van der Waals surface area (Å²) >= 11 is 1.61. The highest BCUT2D eigenvalue weighted by atomic mass is 32.2. The van der Waals surface area contributed by atoms with Crippen LogP contribution in [0.15, 0.2) is 58.3 Å². The molecule has 2 aliphatic rings. The lowest BCUT2D eigenvalue weighted by molar-refractivity contribution is -0.136. The lowest BCUT2D eigenvalue weighted by Crippen LogP contribution is -2.52. The Bertz CT molecular complexity index is 866. The summed E-state index contributed by atoms with van der Waals surface area (Å²) in [7, 11) is 0. The molecule has 1 saturated heterocycles. The smallest absolute Gasteiger partial charge is 0.255 e. The van der Waals surface area contributed by atoms with Crippen LogP contribution in [-0.2, 0) is 16.1 Å². The maximum absolute atomic E-state index is 12.8. The van der Waals surface area contributed by atoms with Crippen LogP contribution in [0.4, 0.5) is 0 Å². The SMILES string of the molecule is O=C1CCC(N2Cc3c(Sc4ccccc4)cccc3C2=O)C(=O)N1. The number of piperidine rings is 1.